The molecule has 2 heterocycles. The van der Waals surface area contributed by atoms with E-state index in [-0.39, 0.29) is 23.3 Å². The molecule has 0 bridgehead atoms. The molecule has 1 N–H and O–H groups in total. The molecule has 0 aliphatic heterocycles. The third-order valence-electron chi connectivity index (χ3n) is 5.66. The highest BCUT2D eigenvalue weighted by molar-refractivity contribution is 6.10. The molecule has 9 heteroatoms. The number of rotatable bonds is 8. The van der Waals surface area contributed by atoms with Crippen LogP contribution in [0.25, 0.3) is 10.9 Å². The quantitative estimate of drug-likeness (QED) is 0.380. The fraction of sp³-hybridized carbons (Fsp3) is 0.148. The number of aromatic nitrogens is 2. The molecule has 0 spiro atoms. The van der Waals surface area contributed by atoms with Gasteiger partial charge < -0.3 is 19.4 Å². The van der Waals surface area contributed by atoms with Gasteiger partial charge in [-0.2, -0.15) is 0 Å². The van der Waals surface area contributed by atoms with Crippen LogP contribution in [-0.4, -0.2) is 41.2 Å². The van der Waals surface area contributed by atoms with Crippen LogP contribution in [0.3, 0.4) is 0 Å². The van der Waals surface area contributed by atoms with E-state index in [1.165, 1.54) is 62.5 Å². The Morgan fingerprint density at radius 3 is 2.17 bits per heavy atom. The average molecular weight is 485 g/mol. The minimum absolute atomic E-state index is 0.0802. The van der Waals surface area contributed by atoms with Gasteiger partial charge in [0, 0.05) is 41.5 Å². The molecule has 1 amide bonds. The van der Waals surface area contributed by atoms with Crippen LogP contribution in [-0.2, 0) is 11.3 Å². The van der Waals surface area contributed by atoms with Crippen LogP contribution < -0.4 is 20.2 Å². The number of nitrogens with zero attached hydrogens (tertiary/aromatic N) is 2. The summed E-state index contributed by atoms with van der Waals surface area (Å²) in [6.45, 7) is 1.26. The summed E-state index contributed by atoms with van der Waals surface area (Å²) >= 11 is 0. The summed E-state index contributed by atoms with van der Waals surface area (Å²) in [5.74, 6) is -0.284. The third kappa shape index (κ3) is 4.85. The van der Waals surface area contributed by atoms with Crippen molar-refractivity contribution in [2.24, 2.45) is 0 Å². The lowest BCUT2D eigenvalue weighted by molar-refractivity contribution is -0.116. The number of hydrogen-bond donors (Lipinski definition) is 1. The molecule has 4 aromatic rings. The molecule has 0 radical (unpaired) electrons. The Balaban J connectivity index is 1.78. The molecule has 9 nitrogen and oxygen atoms in total. The first-order valence-electron chi connectivity index (χ1n) is 11.0. The number of carbonyl (C=O) groups is 3. The number of benzene rings is 2. The second-order valence-corrected chi connectivity index (χ2v) is 7.97. The number of anilines is 1. The molecule has 0 atom stereocenters. The second kappa shape index (κ2) is 10.2. The lowest BCUT2D eigenvalue weighted by atomic mass is 10.0. The van der Waals surface area contributed by atoms with E-state index in [4.69, 9.17) is 9.47 Å². The Bertz CT molecular complexity index is 1530. The van der Waals surface area contributed by atoms with Crippen LogP contribution in [0.4, 0.5) is 5.69 Å². The van der Waals surface area contributed by atoms with Gasteiger partial charge in [0.1, 0.15) is 6.54 Å². The van der Waals surface area contributed by atoms with Crippen molar-refractivity contribution in [1.29, 1.82) is 0 Å². The lowest BCUT2D eigenvalue weighted by Crippen LogP contribution is -2.24. The van der Waals surface area contributed by atoms with Crippen molar-refractivity contribution in [3.05, 3.63) is 94.0 Å². The standard InChI is InChI=1S/C27H23N3O6/c1-16(31)17-4-6-19(7-5-17)29-25(32)15-30-14-21(26(33)18-8-10-28-11-9-18)27(34)20-12-23(35-2)24(36-3)13-22(20)30/h4-14H,15H2,1-3H3,(H,29,32). The molecule has 4 rings (SSSR count). The van der Waals surface area contributed by atoms with Crippen molar-refractivity contribution in [2.45, 2.75) is 13.5 Å². The maximum absolute atomic E-state index is 13.4. The number of methoxy groups -OCH3 is 2. The molecule has 0 unspecified atom stereocenters. The minimum Gasteiger partial charge on any atom is -0.493 e. The highest BCUT2D eigenvalue weighted by Gasteiger charge is 2.20. The molecule has 0 aliphatic rings. The van der Waals surface area contributed by atoms with Gasteiger partial charge in [-0.15, -0.1) is 0 Å². The summed E-state index contributed by atoms with van der Waals surface area (Å²) in [6.07, 6.45) is 4.30. The number of carbonyl (C=O) groups excluding carboxylic acids is 3. The van der Waals surface area contributed by atoms with Crippen LogP contribution in [0.5, 0.6) is 11.5 Å². The fourth-order valence-electron chi connectivity index (χ4n) is 3.81. The number of ketones is 2. The molecule has 0 aliphatic carbocycles. The summed E-state index contributed by atoms with van der Waals surface area (Å²) in [7, 11) is 2.91. The number of fused-ring (bicyclic) bond motifs is 1. The molecular weight excluding hydrogens is 462 g/mol. The number of nitrogens with one attached hydrogen (secondary N) is 1. The van der Waals surface area contributed by atoms with Crippen molar-refractivity contribution in [2.75, 3.05) is 19.5 Å². The number of hydrogen-bond acceptors (Lipinski definition) is 7. The van der Waals surface area contributed by atoms with E-state index in [1.54, 1.807) is 30.3 Å². The van der Waals surface area contributed by atoms with Crippen molar-refractivity contribution in [1.82, 2.24) is 9.55 Å². The van der Waals surface area contributed by atoms with E-state index in [2.05, 4.69) is 10.3 Å². The van der Waals surface area contributed by atoms with Gasteiger partial charge in [0.15, 0.2) is 23.1 Å². The SMILES string of the molecule is COc1cc2c(=O)c(C(=O)c3ccncc3)cn(CC(=O)Nc3ccc(C(C)=O)cc3)c2cc1OC. The first kappa shape index (κ1) is 24.3. The highest BCUT2D eigenvalue weighted by Crippen LogP contribution is 2.31. The van der Waals surface area contributed by atoms with Gasteiger partial charge in [-0.3, -0.25) is 24.2 Å². The number of ether oxygens (including phenoxy) is 2. The van der Waals surface area contributed by atoms with Crippen LogP contribution in [0.2, 0.25) is 0 Å². The Morgan fingerprint density at radius 2 is 1.56 bits per heavy atom. The van der Waals surface area contributed by atoms with Gasteiger partial charge in [-0.05, 0) is 49.4 Å². The Morgan fingerprint density at radius 1 is 0.917 bits per heavy atom. The van der Waals surface area contributed by atoms with E-state index >= 15 is 0 Å². The summed E-state index contributed by atoms with van der Waals surface area (Å²) < 4.78 is 12.2. The molecule has 0 saturated carbocycles. The highest BCUT2D eigenvalue weighted by atomic mass is 16.5. The van der Waals surface area contributed by atoms with E-state index in [1.807, 2.05) is 0 Å². The minimum atomic E-state index is -0.496. The second-order valence-electron chi connectivity index (χ2n) is 7.97. The van der Waals surface area contributed by atoms with Crippen LogP contribution in [0, 0.1) is 0 Å². The van der Waals surface area contributed by atoms with Crippen molar-refractivity contribution >= 4 is 34.1 Å². The normalized spacial score (nSPS) is 10.6. The van der Waals surface area contributed by atoms with E-state index in [9.17, 15) is 19.2 Å². The molecule has 2 aromatic heterocycles. The van der Waals surface area contributed by atoms with Crippen molar-refractivity contribution in [3.8, 4) is 11.5 Å². The van der Waals surface area contributed by atoms with Crippen molar-refractivity contribution in [3.63, 3.8) is 0 Å². The van der Waals surface area contributed by atoms with E-state index in [0.29, 0.717) is 33.8 Å². The molecular formula is C27H23N3O6. The summed E-state index contributed by atoms with van der Waals surface area (Å²) in [4.78, 5) is 54.9. The Labute approximate surface area is 206 Å². The predicted molar refractivity (Wildman–Crippen MR) is 134 cm³/mol. The van der Waals surface area contributed by atoms with Crippen molar-refractivity contribution < 1.29 is 23.9 Å². The molecule has 36 heavy (non-hydrogen) atoms. The average Bonchev–Trinajstić information content (AvgIpc) is 2.89. The van der Waals surface area contributed by atoms with Gasteiger partial charge in [-0.25, -0.2) is 0 Å². The largest absolute Gasteiger partial charge is 0.493 e. The summed E-state index contributed by atoms with van der Waals surface area (Å²) in [6, 6.07) is 12.6. The van der Waals surface area contributed by atoms with Gasteiger partial charge in [0.25, 0.3) is 0 Å². The topological polar surface area (TPSA) is 117 Å². The Hall–Kier alpha value is -4.79. The zero-order valence-electron chi connectivity index (χ0n) is 19.9. The fourth-order valence-corrected chi connectivity index (χ4v) is 3.81. The lowest BCUT2D eigenvalue weighted by Gasteiger charge is -2.16. The van der Waals surface area contributed by atoms with Crippen LogP contribution >= 0.6 is 0 Å². The summed E-state index contributed by atoms with van der Waals surface area (Å²) in [5, 5.41) is 2.97. The maximum atomic E-state index is 13.4. The zero-order chi connectivity index (χ0) is 25.8. The van der Waals surface area contributed by atoms with Crippen LogP contribution in [0.1, 0.15) is 33.2 Å². The predicted octanol–water partition coefficient (Wildman–Crippen LogP) is 3.49. The summed E-state index contributed by atoms with van der Waals surface area (Å²) in [5.41, 5.74) is 1.13. The van der Waals surface area contributed by atoms with Gasteiger partial charge in [0.05, 0.1) is 30.7 Å². The first-order chi connectivity index (χ1) is 17.3. The van der Waals surface area contributed by atoms with Gasteiger partial charge in [0.2, 0.25) is 11.3 Å². The number of amides is 1. The maximum Gasteiger partial charge on any atom is 0.244 e. The van der Waals surface area contributed by atoms with Gasteiger partial charge in [-0.1, -0.05) is 0 Å². The van der Waals surface area contributed by atoms with Crippen LogP contribution in [0.15, 0.2) is 71.9 Å². The van der Waals surface area contributed by atoms with E-state index < -0.39 is 17.1 Å². The smallest absolute Gasteiger partial charge is 0.244 e. The number of pyridine rings is 2. The molecule has 0 saturated heterocycles. The monoisotopic (exact) mass is 485 g/mol. The number of Topliss-reactive ketones (excluding diaryl/α,β-unsaturated/α-hetero) is 1. The molecule has 0 fully saturated rings. The third-order valence-corrected chi connectivity index (χ3v) is 5.66. The van der Waals surface area contributed by atoms with Gasteiger partial charge >= 0.3 is 0 Å². The molecule has 2 aromatic carbocycles. The van der Waals surface area contributed by atoms with E-state index in [0.717, 1.165) is 0 Å². The first-order valence-corrected chi connectivity index (χ1v) is 11.0. The zero-order valence-corrected chi connectivity index (χ0v) is 19.9. The Kier molecular flexibility index (Phi) is 6.91. The molecule has 182 valence electrons.